The minimum Gasteiger partial charge on any atom is -0.395 e. The van der Waals surface area contributed by atoms with Crippen LogP contribution in [0.4, 0.5) is 32.4 Å². The van der Waals surface area contributed by atoms with E-state index in [1.807, 2.05) is 0 Å². The molecule has 0 heterocycles. The summed E-state index contributed by atoms with van der Waals surface area (Å²) in [4.78, 5) is 12.9. The number of alkyl halides is 3. The van der Waals surface area contributed by atoms with Gasteiger partial charge >= 0.3 is 12.2 Å². The molecule has 0 aliphatic heterocycles. The van der Waals surface area contributed by atoms with Gasteiger partial charge in [0.1, 0.15) is 6.61 Å². The molecule has 5 nitrogen and oxygen atoms in total. The molecule has 2 N–H and O–H groups in total. The summed E-state index contributed by atoms with van der Waals surface area (Å²) in [5.74, 6) is -2.25. The third-order valence-corrected chi connectivity index (χ3v) is 2.60. The van der Waals surface area contributed by atoms with Gasteiger partial charge in [-0.25, -0.2) is 13.6 Å². The van der Waals surface area contributed by atoms with Gasteiger partial charge in [0, 0.05) is 24.8 Å². The monoisotopic (exact) mass is 342 g/mol. The van der Waals surface area contributed by atoms with E-state index in [2.05, 4.69) is 10.1 Å². The summed E-state index contributed by atoms with van der Waals surface area (Å²) in [6.07, 6.45) is -4.48. The van der Waals surface area contributed by atoms with Crippen LogP contribution in [-0.2, 0) is 4.74 Å². The fraction of sp³-hybridized carbons (Fsp3) is 0.462. The average molecular weight is 342 g/mol. The van der Waals surface area contributed by atoms with Crippen LogP contribution in [0.15, 0.2) is 18.2 Å². The van der Waals surface area contributed by atoms with Crippen LogP contribution < -0.4 is 5.32 Å². The molecular formula is C13H15F5N2O3. The Balaban J connectivity index is 2.54. The number of rotatable bonds is 7. The Labute approximate surface area is 128 Å². The van der Waals surface area contributed by atoms with Crippen LogP contribution in [0.3, 0.4) is 0 Å². The second-order valence-corrected chi connectivity index (χ2v) is 4.44. The lowest BCUT2D eigenvalue weighted by Crippen LogP contribution is -2.39. The molecule has 0 atom stereocenters. The van der Waals surface area contributed by atoms with Crippen LogP contribution >= 0.6 is 0 Å². The Morgan fingerprint density at radius 3 is 2.48 bits per heavy atom. The van der Waals surface area contributed by atoms with Crippen molar-refractivity contribution in [3.05, 3.63) is 29.8 Å². The largest absolute Gasteiger partial charge is 0.411 e. The first-order valence-corrected chi connectivity index (χ1v) is 6.49. The summed E-state index contributed by atoms with van der Waals surface area (Å²) < 4.78 is 65.9. The molecule has 0 unspecified atom stereocenters. The zero-order valence-corrected chi connectivity index (χ0v) is 11.9. The summed E-state index contributed by atoms with van der Waals surface area (Å²) in [6, 6.07) is 1.90. The summed E-state index contributed by atoms with van der Waals surface area (Å²) in [5.41, 5.74) is -0.0342. The highest BCUT2D eigenvalue weighted by Crippen LogP contribution is 2.15. The maximum Gasteiger partial charge on any atom is 0.411 e. The van der Waals surface area contributed by atoms with Crippen LogP contribution in [0.1, 0.15) is 0 Å². The Morgan fingerprint density at radius 1 is 1.22 bits per heavy atom. The first-order valence-electron chi connectivity index (χ1n) is 6.49. The third-order valence-electron chi connectivity index (χ3n) is 2.60. The number of hydrogen-bond acceptors (Lipinski definition) is 3. The number of hydrogen-bond donors (Lipinski definition) is 2. The average Bonchev–Trinajstić information content (AvgIpc) is 2.45. The predicted molar refractivity (Wildman–Crippen MR) is 70.9 cm³/mol. The number of aliphatic hydroxyl groups is 1. The van der Waals surface area contributed by atoms with Crippen molar-refractivity contribution < 1.29 is 36.6 Å². The van der Waals surface area contributed by atoms with E-state index < -0.39 is 43.7 Å². The quantitative estimate of drug-likeness (QED) is 0.591. The second kappa shape index (κ2) is 8.63. The lowest BCUT2D eigenvalue weighted by atomic mass is 10.3. The molecule has 0 radical (unpaired) electrons. The van der Waals surface area contributed by atoms with E-state index >= 15 is 0 Å². The second-order valence-electron chi connectivity index (χ2n) is 4.44. The zero-order chi connectivity index (χ0) is 17.5. The number of halogens is 5. The third kappa shape index (κ3) is 7.24. The molecule has 10 heteroatoms. The zero-order valence-electron chi connectivity index (χ0n) is 11.9. The van der Waals surface area contributed by atoms with E-state index in [9.17, 15) is 26.7 Å². The summed E-state index contributed by atoms with van der Waals surface area (Å²) in [5, 5.41) is 11.1. The molecule has 130 valence electrons. The molecule has 0 fully saturated rings. The summed E-state index contributed by atoms with van der Waals surface area (Å²) in [6.45, 7) is -2.66. The van der Waals surface area contributed by atoms with Crippen LogP contribution in [0, 0.1) is 11.6 Å². The Bertz CT molecular complexity index is 525. The number of nitrogens with zero attached hydrogens (tertiary/aromatic N) is 1. The van der Waals surface area contributed by atoms with Crippen LogP contribution in [0.2, 0.25) is 0 Å². The van der Waals surface area contributed by atoms with E-state index in [0.717, 1.165) is 23.1 Å². The fourth-order valence-electron chi connectivity index (χ4n) is 1.57. The van der Waals surface area contributed by atoms with Gasteiger partial charge in [-0.05, 0) is 12.1 Å². The van der Waals surface area contributed by atoms with Crippen molar-refractivity contribution in [1.29, 1.82) is 0 Å². The van der Waals surface area contributed by atoms with E-state index in [1.54, 1.807) is 0 Å². The minimum absolute atomic E-state index is 0.0342. The van der Waals surface area contributed by atoms with E-state index in [-0.39, 0.29) is 18.8 Å². The minimum atomic E-state index is -4.48. The van der Waals surface area contributed by atoms with Crippen molar-refractivity contribution >= 4 is 11.7 Å². The Kier molecular flexibility index (Phi) is 7.17. The van der Waals surface area contributed by atoms with Gasteiger partial charge in [0.05, 0.1) is 13.2 Å². The summed E-state index contributed by atoms with van der Waals surface area (Å²) >= 11 is 0. The Morgan fingerprint density at radius 2 is 1.91 bits per heavy atom. The number of nitrogens with one attached hydrogen (secondary N) is 1. The van der Waals surface area contributed by atoms with Gasteiger partial charge in [-0.15, -0.1) is 0 Å². The predicted octanol–water partition coefficient (Wildman–Crippen LogP) is 2.37. The van der Waals surface area contributed by atoms with Crippen LogP contribution in [0.25, 0.3) is 0 Å². The number of anilines is 1. The highest BCUT2D eigenvalue weighted by molar-refractivity contribution is 5.89. The maximum atomic E-state index is 13.0. The fourth-order valence-corrected chi connectivity index (χ4v) is 1.57. The standard InChI is InChI=1S/C13H15F5N2O3/c14-10-2-1-9(7-11(10)15)19-12(22)20(3-5-21)4-6-23-8-13(16,17)18/h1-2,7,21H,3-6,8H2,(H,19,22). The number of carbonyl (C=O) groups is 1. The topological polar surface area (TPSA) is 61.8 Å². The molecule has 1 aromatic rings. The molecule has 0 aliphatic rings. The van der Waals surface area contributed by atoms with Gasteiger partial charge in [-0.3, -0.25) is 0 Å². The van der Waals surface area contributed by atoms with Gasteiger partial charge in [-0.2, -0.15) is 13.2 Å². The van der Waals surface area contributed by atoms with Crippen molar-refractivity contribution in [3.8, 4) is 0 Å². The van der Waals surface area contributed by atoms with Crippen molar-refractivity contribution in [2.45, 2.75) is 6.18 Å². The molecule has 0 aromatic heterocycles. The molecule has 0 aliphatic carbocycles. The van der Waals surface area contributed by atoms with Gasteiger partial charge in [0.15, 0.2) is 11.6 Å². The molecule has 0 spiro atoms. The maximum absolute atomic E-state index is 13.0. The van der Waals surface area contributed by atoms with Crippen molar-refractivity contribution in [2.75, 3.05) is 38.2 Å². The molecule has 0 bridgehead atoms. The van der Waals surface area contributed by atoms with Crippen molar-refractivity contribution in [3.63, 3.8) is 0 Å². The number of urea groups is 1. The molecule has 1 rings (SSSR count). The summed E-state index contributed by atoms with van der Waals surface area (Å²) in [7, 11) is 0. The van der Waals surface area contributed by atoms with Crippen molar-refractivity contribution in [1.82, 2.24) is 4.90 Å². The molecule has 0 saturated heterocycles. The number of amides is 2. The van der Waals surface area contributed by atoms with Gasteiger partial charge in [0.2, 0.25) is 0 Å². The highest BCUT2D eigenvalue weighted by atomic mass is 19.4. The molecular weight excluding hydrogens is 327 g/mol. The first kappa shape index (κ1) is 19.1. The van der Waals surface area contributed by atoms with Crippen LogP contribution in [0.5, 0.6) is 0 Å². The van der Waals surface area contributed by atoms with Gasteiger partial charge in [0.25, 0.3) is 0 Å². The normalized spacial score (nSPS) is 11.4. The lowest BCUT2D eigenvalue weighted by molar-refractivity contribution is -0.174. The SMILES string of the molecule is O=C(Nc1ccc(F)c(F)c1)N(CCO)CCOCC(F)(F)F. The molecule has 0 saturated carbocycles. The number of benzene rings is 1. The first-order chi connectivity index (χ1) is 10.7. The molecule has 23 heavy (non-hydrogen) atoms. The smallest absolute Gasteiger partial charge is 0.395 e. The van der Waals surface area contributed by atoms with E-state index in [1.165, 1.54) is 0 Å². The van der Waals surface area contributed by atoms with Crippen LogP contribution in [-0.4, -0.2) is 55.1 Å². The highest BCUT2D eigenvalue weighted by Gasteiger charge is 2.27. The number of aliphatic hydroxyl groups excluding tert-OH is 1. The lowest BCUT2D eigenvalue weighted by Gasteiger charge is -2.22. The van der Waals surface area contributed by atoms with E-state index in [0.29, 0.717) is 0 Å². The number of ether oxygens (including phenoxy) is 1. The molecule has 2 amide bonds. The molecule has 1 aromatic carbocycles. The van der Waals surface area contributed by atoms with E-state index in [4.69, 9.17) is 5.11 Å². The van der Waals surface area contributed by atoms with Gasteiger partial charge in [-0.1, -0.05) is 0 Å². The Hall–Kier alpha value is -1.94. The van der Waals surface area contributed by atoms with Crippen molar-refractivity contribution in [2.24, 2.45) is 0 Å². The van der Waals surface area contributed by atoms with Gasteiger partial charge < -0.3 is 20.1 Å². The number of carbonyl (C=O) groups excluding carboxylic acids is 1.